The Bertz CT molecular complexity index is 920. The Labute approximate surface area is 137 Å². The third kappa shape index (κ3) is 2.88. The lowest BCUT2D eigenvalue weighted by Crippen LogP contribution is -1.99. The highest BCUT2D eigenvalue weighted by Gasteiger charge is 2.14. The van der Waals surface area contributed by atoms with E-state index in [4.69, 9.17) is 4.74 Å². The average molecular weight is 323 g/mol. The van der Waals surface area contributed by atoms with Gasteiger partial charge in [0.2, 0.25) is 0 Å². The van der Waals surface area contributed by atoms with Gasteiger partial charge in [-0.15, -0.1) is 0 Å². The van der Waals surface area contributed by atoms with Crippen LogP contribution in [0, 0.1) is 5.82 Å². The molecule has 1 aromatic heterocycles. The molecule has 3 aromatic rings. The fraction of sp³-hybridized carbons (Fsp3) is 0.105. The van der Waals surface area contributed by atoms with Crippen molar-refractivity contribution in [3.05, 3.63) is 70.7 Å². The number of fused-ring (bicyclic) bond motifs is 1. The Morgan fingerprint density at radius 2 is 1.75 bits per heavy atom. The lowest BCUT2D eigenvalue weighted by molar-refractivity contribution is 0.112. The van der Waals surface area contributed by atoms with Gasteiger partial charge in [-0.3, -0.25) is 14.6 Å². The molecule has 0 aliphatic carbocycles. The van der Waals surface area contributed by atoms with E-state index in [0.717, 1.165) is 11.1 Å². The minimum atomic E-state index is -0.287. The zero-order chi connectivity index (χ0) is 17.1. The van der Waals surface area contributed by atoms with Gasteiger partial charge in [0.25, 0.3) is 0 Å². The molecule has 0 aliphatic rings. The summed E-state index contributed by atoms with van der Waals surface area (Å²) in [6.07, 6.45) is 3.55. The number of pyridine rings is 1. The number of methoxy groups -OCH3 is 1. The predicted molar refractivity (Wildman–Crippen MR) is 88.3 cm³/mol. The fourth-order valence-electron chi connectivity index (χ4n) is 2.69. The van der Waals surface area contributed by atoms with Gasteiger partial charge in [-0.25, -0.2) is 4.39 Å². The molecule has 0 aliphatic heterocycles. The number of hydrogen-bond donors (Lipinski definition) is 0. The molecule has 0 bridgehead atoms. The number of aldehydes is 2. The molecule has 2 aromatic carbocycles. The van der Waals surface area contributed by atoms with Crippen LogP contribution >= 0.6 is 0 Å². The zero-order valence-corrected chi connectivity index (χ0v) is 13.0. The van der Waals surface area contributed by atoms with E-state index in [1.54, 1.807) is 18.3 Å². The van der Waals surface area contributed by atoms with Gasteiger partial charge in [-0.2, -0.15) is 0 Å². The third-order valence-electron chi connectivity index (χ3n) is 3.82. The molecule has 0 atom stereocenters. The number of rotatable bonds is 5. The van der Waals surface area contributed by atoms with Gasteiger partial charge in [-0.05, 0) is 41.8 Å². The van der Waals surface area contributed by atoms with Crippen molar-refractivity contribution in [2.75, 3.05) is 7.11 Å². The molecular weight excluding hydrogens is 309 g/mol. The van der Waals surface area contributed by atoms with Crippen LogP contribution in [0.2, 0.25) is 0 Å². The monoisotopic (exact) mass is 323 g/mol. The summed E-state index contributed by atoms with van der Waals surface area (Å²) in [6, 6.07) is 9.55. The first-order valence-corrected chi connectivity index (χ1v) is 7.30. The van der Waals surface area contributed by atoms with Crippen molar-refractivity contribution in [1.82, 2.24) is 4.98 Å². The number of nitrogens with zero attached hydrogens (tertiary/aromatic N) is 1. The summed E-state index contributed by atoms with van der Waals surface area (Å²) in [5.41, 5.74) is 2.93. The molecule has 3 rings (SSSR count). The van der Waals surface area contributed by atoms with Crippen LogP contribution in [0.25, 0.3) is 10.9 Å². The van der Waals surface area contributed by atoms with Crippen LogP contribution in [0.4, 0.5) is 4.39 Å². The lowest BCUT2D eigenvalue weighted by Gasteiger charge is -2.11. The zero-order valence-electron chi connectivity index (χ0n) is 13.0. The standard InChI is InChI=1S/C19H14FNO3/c1-24-19-15(11-23)8-14(10-22)17-7-13(9-21-18(17)19)6-12-2-4-16(20)5-3-12/h2-5,7-11H,6H2,1H3. The van der Waals surface area contributed by atoms with Gasteiger partial charge in [0.15, 0.2) is 18.3 Å². The van der Waals surface area contributed by atoms with E-state index in [1.807, 2.05) is 6.07 Å². The second kappa shape index (κ2) is 6.58. The molecular formula is C19H14FNO3. The number of carbonyl (C=O) groups is 2. The average Bonchev–Trinajstić information content (AvgIpc) is 2.62. The Kier molecular flexibility index (Phi) is 4.33. The molecule has 24 heavy (non-hydrogen) atoms. The number of hydrogen-bond acceptors (Lipinski definition) is 4. The summed E-state index contributed by atoms with van der Waals surface area (Å²) in [7, 11) is 1.45. The molecule has 0 saturated carbocycles. The van der Waals surface area contributed by atoms with Gasteiger partial charge in [0, 0.05) is 17.1 Å². The van der Waals surface area contributed by atoms with Crippen molar-refractivity contribution < 1.29 is 18.7 Å². The summed E-state index contributed by atoms with van der Waals surface area (Å²) in [5, 5.41) is 0.618. The van der Waals surface area contributed by atoms with Crippen LogP contribution in [-0.4, -0.2) is 24.7 Å². The molecule has 0 saturated heterocycles. The summed E-state index contributed by atoms with van der Waals surface area (Å²) in [4.78, 5) is 26.9. The summed E-state index contributed by atoms with van der Waals surface area (Å²) in [5.74, 6) is 0.0590. The van der Waals surface area contributed by atoms with Crippen molar-refractivity contribution in [1.29, 1.82) is 0 Å². The maximum absolute atomic E-state index is 13.0. The molecule has 1 heterocycles. The highest BCUT2D eigenvalue weighted by molar-refractivity contribution is 6.03. The first-order chi connectivity index (χ1) is 11.7. The second-order valence-corrected chi connectivity index (χ2v) is 5.37. The van der Waals surface area contributed by atoms with Crippen molar-refractivity contribution >= 4 is 23.5 Å². The normalized spacial score (nSPS) is 10.6. The SMILES string of the molecule is COc1c(C=O)cc(C=O)c2cc(Cc3ccc(F)cc3)cnc12. The Hall–Kier alpha value is -3.08. The van der Waals surface area contributed by atoms with Gasteiger partial charge >= 0.3 is 0 Å². The molecule has 5 heteroatoms. The number of benzene rings is 2. The van der Waals surface area contributed by atoms with Crippen molar-refractivity contribution in [2.24, 2.45) is 0 Å². The van der Waals surface area contributed by atoms with Gasteiger partial charge in [0.1, 0.15) is 11.3 Å². The van der Waals surface area contributed by atoms with Crippen LogP contribution < -0.4 is 4.74 Å². The lowest BCUT2D eigenvalue weighted by atomic mass is 10.00. The first-order valence-electron chi connectivity index (χ1n) is 7.30. The van der Waals surface area contributed by atoms with E-state index >= 15 is 0 Å². The van der Waals surface area contributed by atoms with E-state index < -0.39 is 0 Å². The van der Waals surface area contributed by atoms with Crippen LogP contribution in [0.1, 0.15) is 31.8 Å². The van der Waals surface area contributed by atoms with Crippen LogP contribution in [0.3, 0.4) is 0 Å². The summed E-state index contributed by atoms with van der Waals surface area (Å²) in [6.45, 7) is 0. The van der Waals surface area contributed by atoms with Gasteiger partial charge in [0.05, 0.1) is 12.7 Å². The maximum atomic E-state index is 13.0. The van der Waals surface area contributed by atoms with Crippen molar-refractivity contribution in [3.63, 3.8) is 0 Å². The van der Waals surface area contributed by atoms with E-state index in [2.05, 4.69) is 4.98 Å². The minimum Gasteiger partial charge on any atom is -0.494 e. The van der Waals surface area contributed by atoms with E-state index in [9.17, 15) is 14.0 Å². The van der Waals surface area contributed by atoms with E-state index in [1.165, 1.54) is 25.3 Å². The van der Waals surface area contributed by atoms with Crippen molar-refractivity contribution in [2.45, 2.75) is 6.42 Å². The number of halogens is 1. The smallest absolute Gasteiger partial charge is 0.155 e. The Morgan fingerprint density at radius 3 is 2.38 bits per heavy atom. The summed E-state index contributed by atoms with van der Waals surface area (Å²) < 4.78 is 18.3. The van der Waals surface area contributed by atoms with E-state index in [-0.39, 0.29) is 11.4 Å². The topological polar surface area (TPSA) is 56.3 Å². The molecule has 0 amide bonds. The van der Waals surface area contributed by atoms with Crippen LogP contribution in [0.5, 0.6) is 5.75 Å². The van der Waals surface area contributed by atoms with Crippen LogP contribution in [-0.2, 0) is 6.42 Å². The predicted octanol–water partition coefficient (Wildman–Crippen LogP) is 3.60. The fourth-order valence-corrected chi connectivity index (χ4v) is 2.69. The van der Waals surface area contributed by atoms with Gasteiger partial charge in [-0.1, -0.05) is 12.1 Å². The highest BCUT2D eigenvalue weighted by atomic mass is 19.1. The second-order valence-electron chi connectivity index (χ2n) is 5.37. The summed E-state index contributed by atoms with van der Waals surface area (Å²) >= 11 is 0. The Balaban J connectivity index is 2.11. The molecule has 4 nitrogen and oxygen atoms in total. The van der Waals surface area contributed by atoms with Crippen LogP contribution in [0.15, 0.2) is 42.6 Å². The quantitative estimate of drug-likeness (QED) is 0.673. The van der Waals surface area contributed by atoms with Gasteiger partial charge < -0.3 is 4.74 Å². The molecule has 0 N–H and O–H groups in total. The molecule has 0 fully saturated rings. The maximum Gasteiger partial charge on any atom is 0.155 e. The molecule has 0 spiro atoms. The minimum absolute atomic E-state index is 0.283. The van der Waals surface area contributed by atoms with Crippen molar-refractivity contribution in [3.8, 4) is 5.75 Å². The highest BCUT2D eigenvalue weighted by Crippen LogP contribution is 2.30. The molecule has 0 unspecified atom stereocenters. The van der Waals surface area contributed by atoms with E-state index in [0.29, 0.717) is 41.2 Å². The number of aromatic nitrogens is 1. The number of carbonyl (C=O) groups excluding carboxylic acids is 2. The molecule has 120 valence electrons. The first kappa shape index (κ1) is 15.8. The largest absolute Gasteiger partial charge is 0.494 e. The molecule has 0 radical (unpaired) electrons. The third-order valence-corrected chi connectivity index (χ3v) is 3.82. The Morgan fingerprint density at radius 1 is 1.04 bits per heavy atom. The number of ether oxygens (including phenoxy) is 1.